The van der Waals surface area contributed by atoms with Crippen molar-refractivity contribution < 1.29 is 0 Å². The molecule has 0 unspecified atom stereocenters. The molecule has 8 nitrogen and oxygen atoms in total. The summed E-state index contributed by atoms with van der Waals surface area (Å²) in [6.45, 7) is 12.2. The van der Waals surface area contributed by atoms with Crippen LogP contribution >= 0.6 is 0 Å². The highest BCUT2D eigenvalue weighted by atomic mass is 15.3. The van der Waals surface area contributed by atoms with Gasteiger partial charge in [-0.2, -0.15) is 20.6 Å². The highest BCUT2D eigenvalue weighted by Crippen LogP contribution is 2.37. The molecule has 1 atom stereocenters. The van der Waals surface area contributed by atoms with E-state index in [4.69, 9.17) is 20.4 Å². The Labute approximate surface area is 239 Å². The zero-order valence-corrected chi connectivity index (χ0v) is 24.2. The van der Waals surface area contributed by atoms with Crippen molar-refractivity contribution in [3.8, 4) is 23.0 Å². The molecule has 4 heterocycles. The standard InChI is InChI=1S/C33H34N8/c1-21(2)31-24(5)41(30-17-26-19-39(16-10-15-34)38-33(26)35-23(30)4)37-32(31)27-13-9-14-29-28(27)20-40(36-29)18-22(3)25-11-7-6-8-12-25/h6-9,11-14,17,19-22H,10,16,18H2,1-5H3/t22-/m0/s1. The maximum atomic E-state index is 8.97. The van der Waals surface area contributed by atoms with Crippen molar-refractivity contribution in [2.75, 3.05) is 0 Å². The second-order valence-electron chi connectivity index (χ2n) is 11.1. The van der Waals surface area contributed by atoms with Crippen molar-refractivity contribution in [2.45, 2.75) is 66.0 Å². The van der Waals surface area contributed by atoms with Gasteiger partial charge < -0.3 is 0 Å². The van der Waals surface area contributed by atoms with Crippen molar-refractivity contribution >= 4 is 21.9 Å². The Hall–Kier alpha value is -4.77. The maximum Gasteiger partial charge on any atom is 0.181 e. The molecule has 0 aliphatic heterocycles. The van der Waals surface area contributed by atoms with Crippen LogP contribution in [-0.4, -0.2) is 34.3 Å². The van der Waals surface area contributed by atoms with Crippen LogP contribution in [0.15, 0.2) is 67.0 Å². The average molecular weight is 543 g/mol. The lowest BCUT2D eigenvalue weighted by Gasteiger charge is -2.11. The third-order valence-electron chi connectivity index (χ3n) is 7.81. The van der Waals surface area contributed by atoms with Gasteiger partial charge in [0.15, 0.2) is 5.65 Å². The van der Waals surface area contributed by atoms with E-state index in [-0.39, 0.29) is 5.92 Å². The number of pyridine rings is 1. The van der Waals surface area contributed by atoms with Gasteiger partial charge in [0.1, 0.15) is 0 Å². The molecular formula is C33H34N8. The summed E-state index contributed by atoms with van der Waals surface area (Å²) in [7, 11) is 0. The molecule has 0 aliphatic rings. The van der Waals surface area contributed by atoms with Gasteiger partial charge in [-0.25, -0.2) is 9.67 Å². The normalized spacial score (nSPS) is 12.4. The molecule has 0 aliphatic carbocycles. The summed E-state index contributed by atoms with van der Waals surface area (Å²) in [5.74, 6) is 0.615. The monoisotopic (exact) mass is 542 g/mol. The topological polar surface area (TPSA) is 90.1 Å². The Balaban J connectivity index is 1.43. The first-order valence-electron chi connectivity index (χ1n) is 14.2. The van der Waals surface area contributed by atoms with Crippen molar-refractivity contribution in [1.29, 1.82) is 5.26 Å². The van der Waals surface area contributed by atoms with E-state index in [1.54, 1.807) is 4.68 Å². The molecule has 0 radical (unpaired) electrons. The third-order valence-corrected chi connectivity index (χ3v) is 7.81. The number of nitriles is 1. The average Bonchev–Trinajstić information content (AvgIpc) is 3.65. The van der Waals surface area contributed by atoms with Crippen molar-refractivity contribution in [3.05, 3.63) is 89.5 Å². The molecular weight excluding hydrogens is 508 g/mol. The number of hydrogen-bond donors (Lipinski definition) is 0. The van der Waals surface area contributed by atoms with Crippen LogP contribution in [0, 0.1) is 25.2 Å². The van der Waals surface area contributed by atoms with E-state index >= 15 is 0 Å². The Kier molecular flexibility index (Phi) is 6.88. The van der Waals surface area contributed by atoms with Crippen LogP contribution in [0.25, 0.3) is 38.9 Å². The molecule has 0 spiro atoms. The largest absolute Gasteiger partial charge is 0.271 e. The fourth-order valence-corrected chi connectivity index (χ4v) is 5.78. The van der Waals surface area contributed by atoms with Gasteiger partial charge in [0, 0.05) is 52.4 Å². The van der Waals surface area contributed by atoms with E-state index in [0.717, 1.165) is 51.2 Å². The molecule has 0 fully saturated rings. The summed E-state index contributed by atoms with van der Waals surface area (Å²) >= 11 is 0. The van der Waals surface area contributed by atoms with Gasteiger partial charge in [-0.05, 0) is 37.5 Å². The zero-order chi connectivity index (χ0) is 28.7. The Bertz CT molecular complexity index is 1900. The number of nitrogens with zero attached hydrogens (tertiary/aromatic N) is 8. The fraction of sp³-hybridized carbons (Fsp3) is 0.303. The zero-order valence-electron chi connectivity index (χ0n) is 24.2. The van der Waals surface area contributed by atoms with Gasteiger partial charge in [0.2, 0.25) is 0 Å². The van der Waals surface area contributed by atoms with E-state index in [1.165, 1.54) is 11.1 Å². The molecule has 0 N–H and O–H groups in total. The molecule has 6 rings (SSSR count). The van der Waals surface area contributed by atoms with Crippen molar-refractivity contribution in [2.24, 2.45) is 0 Å². The first-order valence-corrected chi connectivity index (χ1v) is 14.2. The third kappa shape index (κ3) is 4.89. The molecule has 41 heavy (non-hydrogen) atoms. The number of aromatic nitrogens is 7. The van der Waals surface area contributed by atoms with Gasteiger partial charge in [0.25, 0.3) is 0 Å². The number of hydrogen-bond acceptors (Lipinski definition) is 5. The summed E-state index contributed by atoms with van der Waals surface area (Å²) in [6, 6.07) is 21.2. The molecule has 4 aromatic heterocycles. The minimum Gasteiger partial charge on any atom is -0.271 e. The molecule has 206 valence electrons. The number of aryl methyl sites for hydroxylation is 2. The summed E-state index contributed by atoms with van der Waals surface area (Å²) in [5, 5.41) is 25.7. The first-order chi connectivity index (χ1) is 19.8. The minimum absolute atomic E-state index is 0.271. The summed E-state index contributed by atoms with van der Waals surface area (Å²) < 4.78 is 5.89. The van der Waals surface area contributed by atoms with Crippen molar-refractivity contribution in [3.63, 3.8) is 0 Å². The maximum absolute atomic E-state index is 8.97. The lowest BCUT2D eigenvalue weighted by molar-refractivity contribution is 0.547. The second-order valence-corrected chi connectivity index (χ2v) is 11.1. The van der Waals surface area contributed by atoms with E-state index in [9.17, 15) is 0 Å². The van der Waals surface area contributed by atoms with E-state index in [0.29, 0.717) is 24.5 Å². The molecule has 6 aromatic rings. The molecule has 0 amide bonds. The molecule has 2 aromatic carbocycles. The molecule has 0 saturated carbocycles. The SMILES string of the molecule is Cc1nc2nn(CCC#N)cc2cc1-n1nc(-c2cccc3nn(C[C@H](C)c4ccccc4)cc23)c(C(C)C)c1C. The second kappa shape index (κ2) is 10.7. The van der Waals surface area contributed by atoms with Gasteiger partial charge in [-0.3, -0.25) is 9.36 Å². The van der Waals surface area contributed by atoms with Gasteiger partial charge in [0.05, 0.1) is 41.6 Å². The van der Waals surface area contributed by atoms with E-state index < -0.39 is 0 Å². The molecule has 8 heteroatoms. The highest BCUT2D eigenvalue weighted by molar-refractivity contribution is 5.94. The molecule has 0 saturated heterocycles. The number of fused-ring (bicyclic) bond motifs is 2. The van der Waals surface area contributed by atoms with Crippen LogP contribution in [0.5, 0.6) is 0 Å². The highest BCUT2D eigenvalue weighted by Gasteiger charge is 2.23. The van der Waals surface area contributed by atoms with Crippen LogP contribution in [0.4, 0.5) is 0 Å². The van der Waals surface area contributed by atoms with Gasteiger partial charge in [-0.15, -0.1) is 0 Å². The predicted molar refractivity (Wildman–Crippen MR) is 162 cm³/mol. The Morgan fingerprint density at radius 1 is 0.902 bits per heavy atom. The fourth-order valence-electron chi connectivity index (χ4n) is 5.78. The molecule has 0 bridgehead atoms. The van der Waals surface area contributed by atoms with Gasteiger partial charge in [-0.1, -0.05) is 63.2 Å². The van der Waals surface area contributed by atoms with Crippen molar-refractivity contribution in [1.82, 2.24) is 34.3 Å². The lowest BCUT2D eigenvalue weighted by atomic mass is 9.95. The van der Waals surface area contributed by atoms with E-state index in [2.05, 4.69) is 104 Å². The number of benzene rings is 2. The predicted octanol–water partition coefficient (Wildman–Crippen LogP) is 7.09. The van der Waals surface area contributed by atoms with E-state index in [1.807, 2.05) is 17.8 Å². The Morgan fingerprint density at radius 2 is 1.71 bits per heavy atom. The summed E-state index contributed by atoms with van der Waals surface area (Å²) in [6.07, 6.45) is 4.53. The lowest BCUT2D eigenvalue weighted by Crippen LogP contribution is -2.06. The number of rotatable bonds is 8. The quantitative estimate of drug-likeness (QED) is 0.205. The Morgan fingerprint density at radius 3 is 2.46 bits per heavy atom. The van der Waals surface area contributed by atoms with Crippen LogP contribution in [0.3, 0.4) is 0 Å². The van der Waals surface area contributed by atoms with Crippen LogP contribution < -0.4 is 0 Å². The smallest absolute Gasteiger partial charge is 0.181 e. The summed E-state index contributed by atoms with van der Waals surface area (Å²) in [4.78, 5) is 4.80. The van der Waals surface area contributed by atoms with Gasteiger partial charge >= 0.3 is 0 Å². The summed E-state index contributed by atoms with van der Waals surface area (Å²) in [5.41, 5.74) is 9.11. The first kappa shape index (κ1) is 26.5. The van der Waals surface area contributed by atoms with Crippen LogP contribution in [-0.2, 0) is 13.1 Å². The minimum atomic E-state index is 0.271. The van der Waals surface area contributed by atoms with Crippen LogP contribution in [0.2, 0.25) is 0 Å². The van der Waals surface area contributed by atoms with Crippen LogP contribution in [0.1, 0.15) is 61.5 Å².